The molecule has 2 fully saturated rings. The van der Waals surface area contributed by atoms with Gasteiger partial charge in [-0.05, 0) is 44.6 Å². The van der Waals surface area contributed by atoms with Crippen LogP contribution in [0.1, 0.15) is 38.5 Å². The number of hydrogen-bond donors (Lipinski definition) is 1. The van der Waals surface area contributed by atoms with Crippen LogP contribution >= 0.6 is 0 Å². The van der Waals surface area contributed by atoms with Crippen molar-refractivity contribution in [3.63, 3.8) is 0 Å². The average Bonchev–Trinajstić information content (AvgIpc) is 3.29. The Hall–Kier alpha value is -0.870. The molecular formula is C16H28N2O2. The Labute approximate surface area is 122 Å². The van der Waals surface area contributed by atoms with Crippen molar-refractivity contribution in [2.45, 2.75) is 44.6 Å². The van der Waals surface area contributed by atoms with E-state index < -0.39 is 0 Å². The molecule has 2 rings (SSSR count). The van der Waals surface area contributed by atoms with Crippen molar-refractivity contribution in [1.82, 2.24) is 10.2 Å². The summed E-state index contributed by atoms with van der Waals surface area (Å²) in [4.78, 5) is 14.1. The minimum atomic E-state index is 0.285. The van der Waals surface area contributed by atoms with E-state index in [-0.39, 0.29) is 5.91 Å². The summed E-state index contributed by atoms with van der Waals surface area (Å²) < 4.78 is 5.30. The fraction of sp³-hybridized carbons (Fsp3) is 0.812. The second-order valence-electron chi connectivity index (χ2n) is 5.97. The first-order valence-electron chi connectivity index (χ1n) is 7.99. The maximum absolute atomic E-state index is 12.0. The van der Waals surface area contributed by atoms with E-state index in [1.165, 1.54) is 19.4 Å². The largest absolute Gasteiger partial charge is 0.377 e. The molecule has 1 amide bonds. The lowest BCUT2D eigenvalue weighted by molar-refractivity contribution is -0.132. The van der Waals surface area contributed by atoms with E-state index in [0.717, 1.165) is 38.3 Å². The third kappa shape index (κ3) is 5.63. The van der Waals surface area contributed by atoms with Crippen LogP contribution in [0.5, 0.6) is 0 Å². The molecule has 1 heterocycles. The SMILES string of the molecule is C=CCOCCCC(=O)N1CCC(NCC2CC2)CC1. The first-order chi connectivity index (χ1) is 9.79. The summed E-state index contributed by atoms with van der Waals surface area (Å²) >= 11 is 0. The molecule has 0 radical (unpaired) electrons. The number of carbonyl (C=O) groups excluding carboxylic acids is 1. The Morgan fingerprint density at radius 3 is 2.70 bits per heavy atom. The fourth-order valence-corrected chi connectivity index (χ4v) is 2.64. The zero-order valence-electron chi connectivity index (χ0n) is 12.5. The molecule has 0 spiro atoms. The first kappa shape index (κ1) is 15.5. The van der Waals surface area contributed by atoms with Gasteiger partial charge in [-0.15, -0.1) is 6.58 Å². The Balaban J connectivity index is 1.52. The van der Waals surface area contributed by atoms with E-state index in [0.29, 0.717) is 25.7 Å². The van der Waals surface area contributed by atoms with Crippen molar-refractivity contribution < 1.29 is 9.53 Å². The van der Waals surface area contributed by atoms with Crippen molar-refractivity contribution in [2.24, 2.45) is 5.92 Å². The molecule has 4 nitrogen and oxygen atoms in total. The van der Waals surface area contributed by atoms with Crippen molar-refractivity contribution in [3.8, 4) is 0 Å². The van der Waals surface area contributed by atoms with Crippen LogP contribution in [0.15, 0.2) is 12.7 Å². The van der Waals surface area contributed by atoms with Crippen molar-refractivity contribution in [1.29, 1.82) is 0 Å². The van der Waals surface area contributed by atoms with Gasteiger partial charge in [-0.25, -0.2) is 0 Å². The third-order valence-corrected chi connectivity index (χ3v) is 4.15. The van der Waals surface area contributed by atoms with Gasteiger partial charge in [0.25, 0.3) is 0 Å². The molecule has 0 bridgehead atoms. The summed E-state index contributed by atoms with van der Waals surface area (Å²) in [6, 6.07) is 0.621. The number of carbonyl (C=O) groups is 1. The standard InChI is InChI=1S/C16H28N2O2/c1-2-11-20-12-3-4-16(19)18-9-7-15(8-10-18)17-13-14-5-6-14/h2,14-15,17H,1,3-13H2. The van der Waals surface area contributed by atoms with E-state index in [9.17, 15) is 4.79 Å². The van der Waals surface area contributed by atoms with Crippen molar-refractivity contribution in [3.05, 3.63) is 12.7 Å². The first-order valence-corrected chi connectivity index (χ1v) is 7.99. The highest BCUT2D eigenvalue weighted by Gasteiger charge is 2.25. The smallest absolute Gasteiger partial charge is 0.222 e. The molecule has 20 heavy (non-hydrogen) atoms. The van der Waals surface area contributed by atoms with Crippen LogP contribution < -0.4 is 5.32 Å². The molecule has 0 aromatic rings. The quantitative estimate of drug-likeness (QED) is 0.518. The predicted octanol–water partition coefficient (Wildman–Crippen LogP) is 1.96. The number of amides is 1. The van der Waals surface area contributed by atoms with Crippen LogP contribution in [0.25, 0.3) is 0 Å². The van der Waals surface area contributed by atoms with E-state index in [4.69, 9.17) is 4.74 Å². The number of likely N-dealkylation sites (tertiary alicyclic amines) is 1. The maximum atomic E-state index is 12.0. The van der Waals surface area contributed by atoms with Gasteiger partial charge in [0.2, 0.25) is 5.91 Å². The van der Waals surface area contributed by atoms with Crippen LogP contribution in [0.4, 0.5) is 0 Å². The van der Waals surface area contributed by atoms with E-state index in [1.54, 1.807) is 6.08 Å². The lowest BCUT2D eigenvalue weighted by Crippen LogP contribution is -2.45. The zero-order chi connectivity index (χ0) is 14.2. The number of rotatable bonds is 9. The van der Waals surface area contributed by atoms with Crippen LogP contribution in [-0.2, 0) is 9.53 Å². The number of nitrogens with zero attached hydrogens (tertiary/aromatic N) is 1. The second kappa shape index (κ2) is 8.42. The normalized spacial score (nSPS) is 20.1. The molecule has 4 heteroatoms. The molecule has 1 saturated carbocycles. The van der Waals surface area contributed by atoms with Gasteiger partial charge < -0.3 is 15.0 Å². The van der Waals surface area contributed by atoms with Crippen LogP contribution in [0.2, 0.25) is 0 Å². The van der Waals surface area contributed by atoms with Crippen LogP contribution in [0, 0.1) is 5.92 Å². The van der Waals surface area contributed by atoms with Crippen molar-refractivity contribution >= 4 is 5.91 Å². The second-order valence-corrected chi connectivity index (χ2v) is 5.97. The fourth-order valence-electron chi connectivity index (χ4n) is 2.64. The van der Waals surface area contributed by atoms with Gasteiger partial charge in [-0.3, -0.25) is 4.79 Å². The van der Waals surface area contributed by atoms with Crippen molar-refractivity contribution in [2.75, 3.05) is 32.8 Å². The number of nitrogens with one attached hydrogen (secondary N) is 1. The molecule has 0 aromatic heterocycles. The van der Waals surface area contributed by atoms with Crippen LogP contribution in [-0.4, -0.2) is 49.7 Å². The highest BCUT2D eigenvalue weighted by Crippen LogP contribution is 2.28. The molecule has 114 valence electrons. The number of ether oxygens (including phenoxy) is 1. The average molecular weight is 280 g/mol. The lowest BCUT2D eigenvalue weighted by atomic mass is 10.0. The lowest BCUT2D eigenvalue weighted by Gasteiger charge is -2.32. The van der Waals surface area contributed by atoms with E-state index in [2.05, 4.69) is 11.9 Å². The number of hydrogen-bond acceptors (Lipinski definition) is 3. The minimum absolute atomic E-state index is 0.285. The highest BCUT2D eigenvalue weighted by atomic mass is 16.5. The van der Waals surface area contributed by atoms with Gasteiger partial charge >= 0.3 is 0 Å². The van der Waals surface area contributed by atoms with Gasteiger partial charge in [0, 0.05) is 32.2 Å². The molecule has 0 unspecified atom stereocenters. The molecule has 2 aliphatic rings. The predicted molar refractivity (Wildman–Crippen MR) is 80.6 cm³/mol. The molecule has 0 atom stereocenters. The van der Waals surface area contributed by atoms with Gasteiger partial charge in [0.05, 0.1) is 6.61 Å². The monoisotopic (exact) mass is 280 g/mol. The van der Waals surface area contributed by atoms with Gasteiger partial charge in [-0.2, -0.15) is 0 Å². The van der Waals surface area contributed by atoms with Gasteiger partial charge in [0.1, 0.15) is 0 Å². The molecule has 1 aliphatic carbocycles. The topological polar surface area (TPSA) is 41.6 Å². The Morgan fingerprint density at radius 1 is 1.30 bits per heavy atom. The summed E-state index contributed by atoms with van der Waals surface area (Å²) in [5.74, 6) is 1.22. The highest BCUT2D eigenvalue weighted by molar-refractivity contribution is 5.76. The molecule has 1 N–H and O–H groups in total. The Kier molecular flexibility index (Phi) is 6.54. The summed E-state index contributed by atoms with van der Waals surface area (Å²) in [6.45, 7) is 7.83. The molecular weight excluding hydrogens is 252 g/mol. The zero-order valence-corrected chi connectivity index (χ0v) is 12.5. The Bertz CT molecular complexity index is 308. The summed E-state index contributed by atoms with van der Waals surface area (Å²) in [5.41, 5.74) is 0. The number of piperidine rings is 1. The molecule has 0 aromatic carbocycles. The summed E-state index contributed by atoms with van der Waals surface area (Å²) in [7, 11) is 0. The van der Waals surface area contributed by atoms with Gasteiger partial charge in [-0.1, -0.05) is 6.08 Å². The van der Waals surface area contributed by atoms with E-state index in [1.807, 2.05) is 4.90 Å². The maximum Gasteiger partial charge on any atom is 0.222 e. The molecule has 1 aliphatic heterocycles. The van der Waals surface area contributed by atoms with Gasteiger partial charge in [0.15, 0.2) is 0 Å². The Morgan fingerprint density at radius 2 is 2.05 bits per heavy atom. The molecule has 1 saturated heterocycles. The minimum Gasteiger partial charge on any atom is -0.377 e. The third-order valence-electron chi connectivity index (χ3n) is 4.15. The summed E-state index contributed by atoms with van der Waals surface area (Å²) in [6.07, 6.45) is 8.17. The summed E-state index contributed by atoms with van der Waals surface area (Å²) in [5, 5.41) is 3.64. The van der Waals surface area contributed by atoms with E-state index >= 15 is 0 Å². The van der Waals surface area contributed by atoms with Crippen LogP contribution in [0.3, 0.4) is 0 Å².